The fourth-order valence-corrected chi connectivity index (χ4v) is 3.21. The highest BCUT2D eigenvalue weighted by Gasteiger charge is 2.14. The first kappa shape index (κ1) is 13.3. The Bertz CT molecular complexity index is 434. The number of hydrogen-bond acceptors (Lipinski definition) is 2. The Hall–Kier alpha value is -1.15. The van der Waals surface area contributed by atoms with Gasteiger partial charge in [0.15, 0.2) is 0 Å². The van der Waals surface area contributed by atoms with Crippen LogP contribution in [0.2, 0.25) is 0 Å². The summed E-state index contributed by atoms with van der Waals surface area (Å²) in [5.41, 5.74) is 2.80. The zero-order valence-electron chi connectivity index (χ0n) is 11.2. The zero-order chi connectivity index (χ0) is 12.8. The van der Waals surface area contributed by atoms with Crippen LogP contribution in [0.4, 0.5) is 0 Å². The van der Waals surface area contributed by atoms with E-state index in [-0.39, 0.29) is 0 Å². The molecule has 0 N–H and O–H groups in total. The summed E-state index contributed by atoms with van der Waals surface area (Å²) in [6, 6.07) is 10.7. The van der Waals surface area contributed by atoms with E-state index in [4.69, 9.17) is 0 Å². The molecule has 2 rings (SSSR count). The molecule has 1 aromatic rings. The van der Waals surface area contributed by atoms with Gasteiger partial charge in [-0.2, -0.15) is 0 Å². The molecule has 0 saturated carbocycles. The normalized spacial score (nSPS) is 18.7. The highest BCUT2D eigenvalue weighted by molar-refractivity contribution is 8.03. The van der Waals surface area contributed by atoms with Crippen molar-refractivity contribution >= 4 is 11.8 Å². The number of allylic oxidation sites excluding steroid dienone is 3. The van der Waals surface area contributed by atoms with Crippen LogP contribution in [-0.2, 0) is 6.42 Å². The lowest BCUT2D eigenvalue weighted by Crippen LogP contribution is -2.16. The van der Waals surface area contributed by atoms with E-state index in [0.717, 1.165) is 13.0 Å². The van der Waals surface area contributed by atoms with Gasteiger partial charge in [0.05, 0.1) is 5.03 Å². The van der Waals surface area contributed by atoms with E-state index in [2.05, 4.69) is 61.2 Å². The van der Waals surface area contributed by atoms with Gasteiger partial charge in [0.1, 0.15) is 0 Å². The Morgan fingerprint density at radius 2 is 2.11 bits per heavy atom. The summed E-state index contributed by atoms with van der Waals surface area (Å²) < 4.78 is 0. The fourth-order valence-electron chi connectivity index (χ4n) is 2.12. The Morgan fingerprint density at radius 1 is 1.33 bits per heavy atom. The van der Waals surface area contributed by atoms with Gasteiger partial charge < -0.3 is 4.90 Å². The standard InChI is InChI=1S/C16H21NS/c1-3-17-11-12-18-16(17)10-9-14(2)13-15-7-5-4-6-8-15/h4-10H,3,11-13H2,1-2H3/b14-9-,16-10+. The summed E-state index contributed by atoms with van der Waals surface area (Å²) >= 11 is 1.97. The first-order valence-electron chi connectivity index (χ1n) is 6.58. The summed E-state index contributed by atoms with van der Waals surface area (Å²) in [5.74, 6) is 1.23. The number of benzene rings is 1. The van der Waals surface area contributed by atoms with Crippen molar-refractivity contribution in [2.45, 2.75) is 20.3 Å². The average Bonchev–Trinajstić information content (AvgIpc) is 2.85. The van der Waals surface area contributed by atoms with Gasteiger partial charge in [0.25, 0.3) is 0 Å². The van der Waals surface area contributed by atoms with Gasteiger partial charge in [-0.3, -0.25) is 0 Å². The Labute approximate surface area is 115 Å². The van der Waals surface area contributed by atoms with Crippen LogP contribution in [0.1, 0.15) is 19.4 Å². The Kier molecular flexibility index (Phi) is 4.94. The lowest BCUT2D eigenvalue weighted by atomic mass is 10.1. The molecule has 0 spiro atoms. The molecule has 1 aliphatic heterocycles. The maximum Gasteiger partial charge on any atom is 0.0708 e. The zero-order valence-corrected chi connectivity index (χ0v) is 12.0. The van der Waals surface area contributed by atoms with Crippen molar-refractivity contribution in [2.24, 2.45) is 0 Å². The van der Waals surface area contributed by atoms with Crippen molar-refractivity contribution in [3.8, 4) is 0 Å². The lowest BCUT2D eigenvalue weighted by molar-refractivity contribution is 0.426. The van der Waals surface area contributed by atoms with Crippen LogP contribution in [0.25, 0.3) is 0 Å². The molecule has 1 heterocycles. The summed E-state index contributed by atoms with van der Waals surface area (Å²) in [6.45, 7) is 6.74. The quantitative estimate of drug-likeness (QED) is 0.801. The molecule has 1 saturated heterocycles. The second-order valence-electron chi connectivity index (χ2n) is 4.61. The van der Waals surface area contributed by atoms with Crippen LogP contribution in [0, 0.1) is 0 Å². The molecule has 0 aliphatic carbocycles. The van der Waals surface area contributed by atoms with Crippen molar-refractivity contribution in [3.63, 3.8) is 0 Å². The molecule has 1 fully saturated rings. The predicted octanol–water partition coefficient (Wildman–Crippen LogP) is 4.09. The summed E-state index contributed by atoms with van der Waals surface area (Å²) in [5, 5.41) is 1.42. The smallest absolute Gasteiger partial charge is 0.0708 e. The summed E-state index contributed by atoms with van der Waals surface area (Å²) in [7, 11) is 0. The predicted molar refractivity (Wildman–Crippen MR) is 81.7 cm³/mol. The SMILES string of the molecule is CCN1CCS/C1=C/C=C(/C)Cc1ccccc1. The number of thioether (sulfide) groups is 1. The molecule has 0 amide bonds. The van der Waals surface area contributed by atoms with Gasteiger partial charge in [0.2, 0.25) is 0 Å². The van der Waals surface area contributed by atoms with Crippen molar-refractivity contribution in [3.05, 3.63) is 58.6 Å². The van der Waals surface area contributed by atoms with Crippen molar-refractivity contribution in [1.82, 2.24) is 4.90 Å². The van der Waals surface area contributed by atoms with E-state index in [1.807, 2.05) is 11.8 Å². The molecule has 0 atom stereocenters. The molecular weight excluding hydrogens is 238 g/mol. The molecule has 2 heteroatoms. The van der Waals surface area contributed by atoms with Gasteiger partial charge in [-0.05, 0) is 31.9 Å². The molecular formula is C16H21NS. The van der Waals surface area contributed by atoms with Crippen LogP contribution < -0.4 is 0 Å². The largest absolute Gasteiger partial charge is 0.366 e. The van der Waals surface area contributed by atoms with Crippen LogP contribution >= 0.6 is 11.8 Å². The van der Waals surface area contributed by atoms with Crippen LogP contribution in [0.15, 0.2) is 53.1 Å². The minimum Gasteiger partial charge on any atom is -0.366 e. The van der Waals surface area contributed by atoms with E-state index in [9.17, 15) is 0 Å². The van der Waals surface area contributed by atoms with Gasteiger partial charge >= 0.3 is 0 Å². The molecule has 1 aliphatic rings. The van der Waals surface area contributed by atoms with Crippen molar-refractivity contribution in [2.75, 3.05) is 18.8 Å². The Balaban J connectivity index is 1.98. The molecule has 0 aromatic heterocycles. The highest BCUT2D eigenvalue weighted by Crippen LogP contribution is 2.27. The summed E-state index contributed by atoms with van der Waals surface area (Å²) in [4.78, 5) is 2.44. The van der Waals surface area contributed by atoms with Gasteiger partial charge in [-0.1, -0.05) is 42.0 Å². The Morgan fingerprint density at radius 3 is 2.83 bits per heavy atom. The van der Waals surface area contributed by atoms with Crippen LogP contribution in [-0.4, -0.2) is 23.7 Å². The molecule has 0 unspecified atom stereocenters. The minimum absolute atomic E-state index is 1.04. The van der Waals surface area contributed by atoms with Crippen molar-refractivity contribution < 1.29 is 0 Å². The van der Waals surface area contributed by atoms with E-state index in [1.54, 1.807) is 0 Å². The minimum atomic E-state index is 1.04. The lowest BCUT2D eigenvalue weighted by Gasteiger charge is -2.15. The van der Waals surface area contributed by atoms with Crippen LogP contribution in [0.3, 0.4) is 0 Å². The third kappa shape index (κ3) is 3.67. The maximum absolute atomic E-state index is 2.44. The second-order valence-corrected chi connectivity index (χ2v) is 5.72. The molecule has 1 aromatic carbocycles. The van der Waals surface area contributed by atoms with Gasteiger partial charge in [-0.15, -0.1) is 11.8 Å². The summed E-state index contributed by atoms with van der Waals surface area (Å²) in [6.07, 6.45) is 5.59. The third-order valence-electron chi connectivity index (χ3n) is 3.14. The number of nitrogens with zero attached hydrogens (tertiary/aromatic N) is 1. The average molecular weight is 259 g/mol. The monoisotopic (exact) mass is 259 g/mol. The number of hydrogen-bond donors (Lipinski definition) is 0. The molecule has 96 valence electrons. The second kappa shape index (κ2) is 6.69. The fraction of sp³-hybridized carbons (Fsp3) is 0.375. The molecule has 0 radical (unpaired) electrons. The van der Waals surface area contributed by atoms with Gasteiger partial charge in [-0.25, -0.2) is 0 Å². The highest BCUT2D eigenvalue weighted by atomic mass is 32.2. The number of rotatable bonds is 4. The van der Waals surface area contributed by atoms with Gasteiger partial charge in [0, 0.05) is 18.8 Å². The molecule has 18 heavy (non-hydrogen) atoms. The van der Waals surface area contributed by atoms with E-state index < -0.39 is 0 Å². The third-order valence-corrected chi connectivity index (χ3v) is 4.22. The first-order valence-corrected chi connectivity index (χ1v) is 7.57. The van der Waals surface area contributed by atoms with E-state index >= 15 is 0 Å². The van der Waals surface area contributed by atoms with Crippen molar-refractivity contribution in [1.29, 1.82) is 0 Å². The van der Waals surface area contributed by atoms with E-state index in [0.29, 0.717) is 0 Å². The van der Waals surface area contributed by atoms with Crippen LogP contribution in [0.5, 0.6) is 0 Å². The topological polar surface area (TPSA) is 3.24 Å². The first-order chi connectivity index (χ1) is 8.79. The molecule has 1 nitrogen and oxygen atoms in total. The maximum atomic E-state index is 2.44. The van der Waals surface area contributed by atoms with E-state index in [1.165, 1.54) is 28.5 Å². The molecule has 0 bridgehead atoms.